The van der Waals surface area contributed by atoms with Gasteiger partial charge in [0, 0.05) is 28.1 Å². The van der Waals surface area contributed by atoms with Crippen LogP contribution in [0.4, 0.5) is 5.69 Å². The van der Waals surface area contributed by atoms with Crippen LogP contribution in [0, 0.1) is 0 Å². The Hall–Kier alpha value is -1.41. The lowest BCUT2D eigenvalue weighted by atomic mass is 10.0. The fraction of sp³-hybridized carbons (Fsp3) is 0.278. The van der Waals surface area contributed by atoms with E-state index >= 15 is 0 Å². The topological polar surface area (TPSA) is 66.5 Å². The molecule has 0 saturated heterocycles. The summed E-state index contributed by atoms with van der Waals surface area (Å²) in [5.74, 6) is -0.123. The number of carbonyl (C=O) groups excluding carboxylic acids is 1. The predicted molar refractivity (Wildman–Crippen MR) is 107 cm³/mol. The Labute approximate surface area is 166 Å². The smallest absolute Gasteiger partial charge is 0.228 e. The van der Waals surface area contributed by atoms with Crippen molar-refractivity contribution in [1.29, 1.82) is 0 Å². The first-order valence-electron chi connectivity index (χ1n) is 8.04. The number of hydrogen-bond acceptors (Lipinski definition) is 3. The number of rotatable bonds is 5. The number of hydrogen-bond donors (Lipinski definition) is 1. The maximum Gasteiger partial charge on any atom is 0.228 e. The molecule has 0 spiro atoms. The van der Waals surface area contributed by atoms with Gasteiger partial charge in [-0.3, -0.25) is 4.79 Å². The third-order valence-electron chi connectivity index (χ3n) is 4.25. The zero-order chi connectivity index (χ0) is 18.9. The van der Waals surface area contributed by atoms with Gasteiger partial charge >= 0.3 is 0 Å². The summed E-state index contributed by atoms with van der Waals surface area (Å²) >= 11 is 9.35. The van der Waals surface area contributed by atoms with Gasteiger partial charge in [-0.05, 0) is 47.9 Å². The van der Waals surface area contributed by atoms with Gasteiger partial charge in [0.2, 0.25) is 15.9 Å². The molecule has 26 heavy (non-hydrogen) atoms. The van der Waals surface area contributed by atoms with Crippen molar-refractivity contribution in [2.45, 2.75) is 18.9 Å². The van der Waals surface area contributed by atoms with Crippen LogP contribution < -0.4 is 9.62 Å². The molecule has 0 radical (unpaired) electrons. The molecule has 0 aromatic heterocycles. The number of sulfonamides is 1. The molecule has 1 N–H and O–H groups in total. The molecule has 0 fully saturated rings. The Morgan fingerprint density at radius 3 is 2.62 bits per heavy atom. The zero-order valence-electron chi connectivity index (χ0n) is 14.1. The summed E-state index contributed by atoms with van der Waals surface area (Å²) in [7, 11) is -3.48. The van der Waals surface area contributed by atoms with Crippen molar-refractivity contribution < 1.29 is 13.2 Å². The number of nitrogens with zero attached hydrogens (tertiary/aromatic N) is 1. The van der Waals surface area contributed by atoms with Crippen molar-refractivity contribution in [2.75, 3.05) is 17.7 Å². The summed E-state index contributed by atoms with van der Waals surface area (Å²) in [6.07, 6.45) is 1.90. The molecule has 2 aromatic rings. The molecule has 8 heteroatoms. The number of fused-ring (bicyclic) bond motifs is 1. The predicted octanol–water partition coefficient (Wildman–Crippen LogP) is 3.67. The van der Waals surface area contributed by atoms with Crippen molar-refractivity contribution in [3.63, 3.8) is 0 Å². The highest BCUT2D eigenvalue weighted by atomic mass is 79.9. The number of amides is 1. The molecule has 1 amide bonds. The lowest BCUT2D eigenvalue weighted by Crippen LogP contribution is -2.35. The fourth-order valence-electron chi connectivity index (χ4n) is 3.10. The Morgan fingerprint density at radius 2 is 1.96 bits per heavy atom. The largest absolute Gasteiger partial charge is 0.312 e. The van der Waals surface area contributed by atoms with Crippen molar-refractivity contribution in [1.82, 2.24) is 4.72 Å². The van der Waals surface area contributed by atoms with Gasteiger partial charge in [-0.1, -0.05) is 39.7 Å². The van der Waals surface area contributed by atoms with E-state index in [0.29, 0.717) is 17.1 Å². The molecular formula is C18H18BrClN2O3S. The third-order valence-corrected chi connectivity index (χ3v) is 5.70. The van der Waals surface area contributed by atoms with E-state index in [0.717, 1.165) is 28.4 Å². The Balaban J connectivity index is 1.83. The van der Waals surface area contributed by atoms with Gasteiger partial charge in [0.15, 0.2) is 0 Å². The van der Waals surface area contributed by atoms with E-state index in [1.807, 2.05) is 18.2 Å². The molecule has 1 aliphatic heterocycles. The van der Waals surface area contributed by atoms with Gasteiger partial charge in [0.25, 0.3) is 0 Å². The van der Waals surface area contributed by atoms with E-state index < -0.39 is 16.1 Å². The summed E-state index contributed by atoms with van der Waals surface area (Å²) in [4.78, 5) is 14.6. The monoisotopic (exact) mass is 456 g/mol. The Kier molecular flexibility index (Phi) is 5.72. The van der Waals surface area contributed by atoms with E-state index in [4.69, 9.17) is 11.6 Å². The van der Waals surface area contributed by atoms with E-state index in [9.17, 15) is 13.2 Å². The zero-order valence-corrected chi connectivity index (χ0v) is 17.2. The average Bonchev–Trinajstić information content (AvgIpc) is 2.96. The van der Waals surface area contributed by atoms with Crippen molar-refractivity contribution in [3.05, 3.63) is 63.1 Å². The van der Waals surface area contributed by atoms with Gasteiger partial charge in [0.05, 0.1) is 12.3 Å². The molecule has 0 bridgehead atoms. The molecule has 1 aliphatic rings. The highest BCUT2D eigenvalue weighted by Crippen LogP contribution is 2.32. The first-order valence-corrected chi connectivity index (χ1v) is 11.1. The highest BCUT2D eigenvalue weighted by Gasteiger charge is 2.28. The maximum absolute atomic E-state index is 12.9. The summed E-state index contributed by atoms with van der Waals surface area (Å²) in [6.45, 7) is 0.594. The SMILES string of the molecule is CS(=O)(=O)N[C@@H](CC(=O)N1CCc2cc(Br)ccc21)c1ccc(Cl)cc1. The van der Waals surface area contributed by atoms with E-state index in [2.05, 4.69) is 20.7 Å². The molecule has 0 aliphatic carbocycles. The molecule has 0 unspecified atom stereocenters. The highest BCUT2D eigenvalue weighted by molar-refractivity contribution is 9.10. The molecule has 1 atom stereocenters. The second kappa shape index (κ2) is 7.68. The minimum atomic E-state index is -3.48. The maximum atomic E-state index is 12.9. The van der Waals surface area contributed by atoms with E-state index in [-0.39, 0.29) is 12.3 Å². The second-order valence-electron chi connectivity index (χ2n) is 6.27. The number of carbonyl (C=O) groups is 1. The van der Waals surface area contributed by atoms with Gasteiger partial charge in [-0.2, -0.15) is 0 Å². The van der Waals surface area contributed by atoms with Crippen LogP contribution in [0.15, 0.2) is 46.9 Å². The first-order chi connectivity index (χ1) is 12.2. The summed E-state index contributed by atoms with van der Waals surface area (Å²) in [5.41, 5.74) is 2.68. The van der Waals surface area contributed by atoms with Crippen molar-refractivity contribution in [2.24, 2.45) is 0 Å². The Bertz CT molecular complexity index is 932. The van der Waals surface area contributed by atoms with Crippen molar-refractivity contribution in [3.8, 4) is 0 Å². The van der Waals surface area contributed by atoms with Crippen LogP contribution >= 0.6 is 27.5 Å². The number of nitrogens with one attached hydrogen (secondary N) is 1. The fourth-order valence-corrected chi connectivity index (χ4v) is 4.37. The van der Waals surface area contributed by atoms with Gasteiger partial charge in [-0.15, -0.1) is 0 Å². The normalized spacial score (nSPS) is 15.0. The summed E-state index contributed by atoms with van der Waals surface area (Å²) < 4.78 is 27.0. The number of anilines is 1. The molecule has 1 heterocycles. The molecule has 2 aromatic carbocycles. The van der Waals surface area contributed by atoms with Crippen molar-refractivity contribution >= 4 is 49.1 Å². The van der Waals surface area contributed by atoms with Crippen LogP contribution in [0.2, 0.25) is 5.02 Å². The third kappa shape index (κ3) is 4.65. The van der Waals surface area contributed by atoms with Crippen LogP contribution in [-0.4, -0.2) is 27.1 Å². The molecule has 138 valence electrons. The van der Waals surface area contributed by atoms with Gasteiger partial charge in [0.1, 0.15) is 0 Å². The van der Waals surface area contributed by atoms with E-state index in [1.54, 1.807) is 29.2 Å². The van der Waals surface area contributed by atoms with E-state index in [1.165, 1.54) is 0 Å². The van der Waals surface area contributed by atoms with Crippen LogP contribution in [0.3, 0.4) is 0 Å². The second-order valence-corrected chi connectivity index (χ2v) is 9.40. The van der Waals surface area contributed by atoms with Gasteiger partial charge in [-0.25, -0.2) is 13.1 Å². The standard InChI is InChI=1S/C18H18BrClN2O3S/c1-26(24,25)21-16(12-2-5-15(20)6-3-12)11-18(23)22-9-8-13-10-14(19)4-7-17(13)22/h2-7,10,16,21H,8-9,11H2,1H3/t16-/m0/s1. The number of halogens is 2. The molecule has 5 nitrogen and oxygen atoms in total. The quantitative estimate of drug-likeness (QED) is 0.745. The summed E-state index contributed by atoms with van der Waals surface area (Å²) in [6, 6.07) is 12.0. The summed E-state index contributed by atoms with van der Waals surface area (Å²) in [5, 5.41) is 0.553. The van der Waals surface area contributed by atoms with Crippen LogP contribution in [0.25, 0.3) is 0 Å². The van der Waals surface area contributed by atoms with Crippen LogP contribution in [0.1, 0.15) is 23.6 Å². The van der Waals surface area contributed by atoms with Crippen LogP contribution in [-0.2, 0) is 21.2 Å². The Morgan fingerprint density at radius 1 is 1.27 bits per heavy atom. The molecular weight excluding hydrogens is 440 g/mol. The molecule has 3 rings (SSSR count). The number of benzene rings is 2. The molecule has 0 saturated carbocycles. The minimum absolute atomic E-state index is 0.0320. The lowest BCUT2D eigenvalue weighted by Gasteiger charge is -2.22. The van der Waals surface area contributed by atoms with Crippen LogP contribution in [0.5, 0.6) is 0 Å². The lowest BCUT2D eigenvalue weighted by molar-refractivity contribution is -0.118. The average molecular weight is 458 g/mol. The first kappa shape index (κ1) is 19.4. The van der Waals surface area contributed by atoms with Gasteiger partial charge < -0.3 is 4.90 Å². The minimum Gasteiger partial charge on any atom is -0.312 e.